The average molecular weight is 538 g/mol. The fraction of sp³-hybridized carbons (Fsp3) is 0.130. The largest absolute Gasteiger partial charge is 0.466 e. The van der Waals surface area contributed by atoms with Gasteiger partial charge in [0, 0.05) is 16.6 Å². The van der Waals surface area contributed by atoms with E-state index >= 15 is 0 Å². The van der Waals surface area contributed by atoms with Crippen molar-refractivity contribution in [3.63, 3.8) is 0 Å². The number of nitrogens with zero attached hydrogens (tertiary/aromatic N) is 4. The molecular weight excluding hydrogens is 522 g/mol. The number of nitro groups is 1. The molecule has 2 aromatic carbocycles. The Morgan fingerprint density at radius 3 is 2.26 bits per heavy atom. The first kappa shape index (κ1) is 25.0. The van der Waals surface area contributed by atoms with E-state index < -0.39 is 34.2 Å². The van der Waals surface area contributed by atoms with Crippen molar-refractivity contribution in [3.05, 3.63) is 90.8 Å². The molecule has 0 saturated carbocycles. The summed E-state index contributed by atoms with van der Waals surface area (Å²) in [5.41, 5.74) is 5.33. The fourth-order valence-corrected chi connectivity index (χ4v) is 4.37. The maximum Gasteiger partial charge on any atom is 0.355 e. The van der Waals surface area contributed by atoms with E-state index in [1.807, 2.05) is 12.1 Å². The second-order valence-corrected chi connectivity index (χ2v) is 7.88. The Morgan fingerprint density at radius 2 is 1.74 bits per heavy atom. The minimum absolute atomic E-state index is 0.00673. The summed E-state index contributed by atoms with van der Waals surface area (Å²) in [5.74, 6) is -3.33. The van der Waals surface area contributed by atoms with Gasteiger partial charge in [-0.1, -0.05) is 30.3 Å². The highest BCUT2D eigenvalue weighted by atomic mass is 79.9. The van der Waals surface area contributed by atoms with E-state index in [9.17, 15) is 30.2 Å². The third-order valence-electron chi connectivity index (χ3n) is 5.21. The molecular formula is C23H16BrN5O6. The predicted molar refractivity (Wildman–Crippen MR) is 125 cm³/mol. The number of carbonyl (C=O) groups is 2. The minimum atomic E-state index is -1.10. The number of non-ortho nitro benzene ring substituents is 1. The van der Waals surface area contributed by atoms with Crippen LogP contribution in [-0.2, 0) is 19.1 Å². The third-order valence-corrected chi connectivity index (χ3v) is 5.82. The number of nitrogens with two attached hydrogens (primary N) is 1. The second-order valence-electron chi connectivity index (χ2n) is 7.03. The Balaban J connectivity index is 2.51. The molecule has 176 valence electrons. The average Bonchev–Trinajstić information content (AvgIpc) is 2.87. The van der Waals surface area contributed by atoms with Crippen molar-refractivity contribution in [1.29, 1.82) is 10.5 Å². The quantitative estimate of drug-likeness (QED) is 0.339. The molecule has 0 spiro atoms. The smallest absolute Gasteiger partial charge is 0.355 e. The zero-order valence-corrected chi connectivity index (χ0v) is 19.9. The van der Waals surface area contributed by atoms with Gasteiger partial charge >= 0.3 is 11.9 Å². The van der Waals surface area contributed by atoms with Gasteiger partial charge in [-0.3, -0.25) is 15.0 Å². The van der Waals surface area contributed by atoms with Crippen molar-refractivity contribution >= 4 is 39.2 Å². The van der Waals surface area contributed by atoms with Crippen LogP contribution in [0.4, 0.5) is 11.4 Å². The third kappa shape index (κ3) is 4.30. The number of methoxy groups -OCH3 is 2. The Morgan fingerprint density at radius 1 is 1.11 bits per heavy atom. The van der Waals surface area contributed by atoms with Crippen molar-refractivity contribution in [3.8, 4) is 12.1 Å². The second kappa shape index (κ2) is 10.1. The molecule has 35 heavy (non-hydrogen) atoms. The Labute approximate surface area is 207 Å². The van der Waals surface area contributed by atoms with Crippen LogP contribution < -0.4 is 10.6 Å². The molecule has 0 bridgehead atoms. The van der Waals surface area contributed by atoms with Gasteiger partial charge in [-0.2, -0.15) is 10.5 Å². The normalized spacial score (nSPS) is 15.2. The van der Waals surface area contributed by atoms with Crippen LogP contribution in [-0.4, -0.2) is 31.1 Å². The van der Waals surface area contributed by atoms with Crippen LogP contribution in [0.3, 0.4) is 0 Å². The lowest BCUT2D eigenvalue weighted by atomic mass is 9.80. The number of rotatable bonds is 5. The molecule has 11 nitrogen and oxygen atoms in total. The first-order valence-corrected chi connectivity index (χ1v) is 10.5. The topological polar surface area (TPSA) is 173 Å². The van der Waals surface area contributed by atoms with Gasteiger partial charge in [0.2, 0.25) is 0 Å². The highest BCUT2D eigenvalue weighted by Gasteiger charge is 2.44. The molecule has 1 atom stereocenters. The van der Waals surface area contributed by atoms with Crippen LogP contribution in [0.5, 0.6) is 0 Å². The van der Waals surface area contributed by atoms with Gasteiger partial charge in [0.25, 0.3) is 5.69 Å². The van der Waals surface area contributed by atoms with Crippen molar-refractivity contribution < 1.29 is 24.0 Å². The number of hydrogen-bond acceptors (Lipinski definition) is 10. The molecule has 12 heteroatoms. The maximum absolute atomic E-state index is 13.1. The molecule has 1 aliphatic rings. The van der Waals surface area contributed by atoms with E-state index in [2.05, 4.69) is 15.9 Å². The van der Waals surface area contributed by atoms with Crippen molar-refractivity contribution in [2.24, 2.45) is 5.73 Å². The number of anilines is 1. The molecule has 0 aromatic heterocycles. The summed E-state index contributed by atoms with van der Waals surface area (Å²) in [6.45, 7) is 0. The number of hydrogen-bond donors (Lipinski definition) is 1. The monoisotopic (exact) mass is 537 g/mol. The van der Waals surface area contributed by atoms with Crippen LogP contribution in [0, 0.1) is 32.8 Å². The maximum atomic E-state index is 13.1. The van der Waals surface area contributed by atoms with Crippen LogP contribution in [0.2, 0.25) is 0 Å². The fourth-order valence-electron chi connectivity index (χ4n) is 3.75. The van der Waals surface area contributed by atoms with Crippen molar-refractivity contribution in [1.82, 2.24) is 0 Å². The van der Waals surface area contributed by atoms with Gasteiger partial charge in [0.15, 0.2) is 0 Å². The number of ether oxygens (including phenoxy) is 2. The summed E-state index contributed by atoms with van der Waals surface area (Å²) in [5, 5.41) is 31.1. The van der Waals surface area contributed by atoms with E-state index in [0.29, 0.717) is 5.56 Å². The highest BCUT2D eigenvalue weighted by molar-refractivity contribution is 9.10. The lowest BCUT2D eigenvalue weighted by Crippen LogP contribution is -2.41. The van der Waals surface area contributed by atoms with Gasteiger partial charge < -0.3 is 15.2 Å². The molecule has 2 aromatic rings. The summed E-state index contributed by atoms with van der Waals surface area (Å²) in [6, 6.07) is 14.3. The number of nitro benzene ring substituents is 1. The highest BCUT2D eigenvalue weighted by Crippen LogP contribution is 2.46. The number of carbonyl (C=O) groups excluding carboxylic acids is 2. The van der Waals surface area contributed by atoms with Gasteiger partial charge in [-0.15, -0.1) is 0 Å². The summed E-state index contributed by atoms with van der Waals surface area (Å²) >= 11 is 3.20. The van der Waals surface area contributed by atoms with Crippen molar-refractivity contribution in [2.45, 2.75) is 5.92 Å². The standard InChI is InChI=1S/C23H16BrN5O6/c1-34-22(30)18-17(12-6-4-3-5-7-12)15(11-26)21(27)28(20(18)23(31)35-2)19-13(10-25)8-14(29(32)33)9-16(19)24/h3-9,17H,27H2,1-2H3. The predicted octanol–water partition coefficient (Wildman–Crippen LogP) is 3.13. The molecule has 1 aliphatic heterocycles. The Bertz CT molecular complexity index is 1390. The lowest BCUT2D eigenvalue weighted by Gasteiger charge is -2.36. The van der Waals surface area contributed by atoms with Crippen LogP contribution >= 0.6 is 15.9 Å². The number of benzene rings is 2. The van der Waals surface area contributed by atoms with Crippen LogP contribution in [0.25, 0.3) is 0 Å². The van der Waals surface area contributed by atoms with E-state index in [-0.39, 0.29) is 32.7 Å². The Kier molecular flexibility index (Phi) is 7.18. The van der Waals surface area contributed by atoms with E-state index in [0.717, 1.165) is 31.3 Å². The minimum Gasteiger partial charge on any atom is -0.466 e. The number of halogens is 1. The molecule has 1 heterocycles. The van der Waals surface area contributed by atoms with Crippen LogP contribution in [0.15, 0.2) is 69.6 Å². The molecule has 2 N–H and O–H groups in total. The summed E-state index contributed by atoms with van der Waals surface area (Å²) in [4.78, 5) is 37.8. The van der Waals surface area contributed by atoms with E-state index in [1.54, 1.807) is 30.3 Å². The summed E-state index contributed by atoms with van der Waals surface area (Å²) in [6.07, 6.45) is 0. The van der Waals surface area contributed by atoms with Gasteiger partial charge in [-0.05, 0) is 21.5 Å². The SMILES string of the molecule is COC(=O)C1=C(C(=O)OC)N(c2c(Br)cc([N+](=O)[O-])cc2C#N)C(N)=C(C#N)C1c1ccccc1. The molecule has 3 rings (SSSR count). The lowest BCUT2D eigenvalue weighted by molar-refractivity contribution is -0.384. The van der Waals surface area contributed by atoms with E-state index in [1.165, 1.54) is 0 Å². The molecule has 0 fully saturated rings. The molecule has 0 saturated heterocycles. The van der Waals surface area contributed by atoms with E-state index in [4.69, 9.17) is 15.2 Å². The van der Waals surface area contributed by atoms with Crippen molar-refractivity contribution in [2.75, 3.05) is 19.1 Å². The number of esters is 2. The molecule has 0 aliphatic carbocycles. The first-order chi connectivity index (χ1) is 16.7. The summed E-state index contributed by atoms with van der Waals surface area (Å²) < 4.78 is 9.88. The number of nitriles is 2. The zero-order valence-electron chi connectivity index (χ0n) is 18.3. The van der Waals surface area contributed by atoms with Gasteiger partial charge in [-0.25, -0.2) is 9.59 Å². The summed E-state index contributed by atoms with van der Waals surface area (Å²) in [7, 11) is 2.18. The van der Waals surface area contributed by atoms with Gasteiger partial charge in [0.1, 0.15) is 17.6 Å². The zero-order chi connectivity index (χ0) is 25.9. The Hall–Kier alpha value is -4.68. The van der Waals surface area contributed by atoms with Crippen LogP contribution in [0.1, 0.15) is 17.0 Å². The molecule has 1 unspecified atom stereocenters. The number of allylic oxidation sites excluding steroid dienone is 1. The molecule has 0 amide bonds. The first-order valence-electron chi connectivity index (χ1n) is 9.75. The molecule has 0 radical (unpaired) electrons. The van der Waals surface area contributed by atoms with Gasteiger partial charge in [0.05, 0.1) is 53.5 Å².